The van der Waals surface area contributed by atoms with Gasteiger partial charge in [-0.15, -0.1) is 0 Å². The van der Waals surface area contributed by atoms with Gasteiger partial charge in [-0.2, -0.15) is 0 Å². The van der Waals surface area contributed by atoms with Crippen molar-refractivity contribution in [1.82, 2.24) is 10.1 Å². The molecule has 0 N–H and O–H groups in total. The Morgan fingerprint density at radius 1 is 1.19 bits per heavy atom. The van der Waals surface area contributed by atoms with E-state index in [-0.39, 0.29) is 11.4 Å². The summed E-state index contributed by atoms with van der Waals surface area (Å²) < 4.78 is 33.5. The van der Waals surface area contributed by atoms with Gasteiger partial charge in [0.1, 0.15) is 12.0 Å². The minimum Gasteiger partial charge on any atom is -0.364 e. The van der Waals surface area contributed by atoms with Gasteiger partial charge in [0.2, 0.25) is 5.13 Å². The number of sulfonamides is 1. The summed E-state index contributed by atoms with van der Waals surface area (Å²) in [6.45, 7) is 2.03. The second-order valence-electron chi connectivity index (χ2n) is 5.69. The Hall–Kier alpha value is -2.42. The predicted molar refractivity (Wildman–Crippen MR) is 107 cm³/mol. The van der Waals surface area contributed by atoms with Crippen LogP contribution >= 0.6 is 22.9 Å². The molecule has 27 heavy (non-hydrogen) atoms. The third-order valence-corrected chi connectivity index (χ3v) is 7.27. The Morgan fingerprint density at radius 3 is 2.78 bits per heavy atom. The van der Waals surface area contributed by atoms with E-state index in [0.717, 1.165) is 4.70 Å². The van der Waals surface area contributed by atoms with Gasteiger partial charge in [0, 0.05) is 23.2 Å². The Labute approximate surface area is 165 Å². The lowest BCUT2D eigenvalue weighted by atomic mass is 10.2. The summed E-state index contributed by atoms with van der Waals surface area (Å²) in [7, 11) is -3.79. The first kappa shape index (κ1) is 18.0. The maximum atomic E-state index is 13.3. The molecule has 0 saturated carbocycles. The Kier molecular flexibility index (Phi) is 4.63. The van der Waals surface area contributed by atoms with Crippen molar-refractivity contribution in [3.8, 4) is 11.3 Å². The molecule has 9 heteroatoms. The van der Waals surface area contributed by atoms with Crippen molar-refractivity contribution in [3.63, 3.8) is 0 Å². The lowest BCUT2D eigenvalue weighted by Gasteiger charge is -2.20. The molecule has 0 aliphatic heterocycles. The van der Waals surface area contributed by atoms with Gasteiger partial charge in [0.05, 0.1) is 15.1 Å². The highest BCUT2D eigenvalue weighted by Gasteiger charge is 2.26. The van der Waals surface area contributed by atoms with Crippen molar-refractivity contribution in [3.05, 3.63) is 59.8 Å². The highest BCUT2D eigenvalue weighted by molar-refractivity contribution is 7.93. The van der Waals surface area contributed by atoms with Crippen molar-refractivity contribution >= 4 is 48.3 Å². The van der Waals surface area contributed by atoms with Crippen molar-refractivity contribution in [2.45, 2.75) is 11.8 Å². The predicted octanol–water partition coefficient (Wildman–Crippen LogP) is 4.82. The van der Waals surface area contributed by atoms with Gasteiger partial charge in [-0.3, -0.25) is 0 Å². The van der Waals surface area contributed by atoms with Crippen LogP contribution in [-0.4, -0.2) is 25.1 Å². The minimum atomic E-state index is -3.79. The molecule has 138 valence electrons. The summed E-state index contributed by atoms with van der Waals surface area (Å²) in [5.74, 6) is 0. The van der Waals surface area contributed by atoms with Crippen LogP contribution in [0, 0.1) is 0 Å². The zero-order valence-electron chi connectivity index (χ0n) is 14.2. The van der Waals surface area contributed by atoms with E-state index in [1.165, 1.54) is 21.9 Å². The Bertz CT molecular complexity index is 1200. The zero-order chi connectivity index (χ0) is 19.0. The largest absolute Gasteiger partial charge is 0.364 e. The quantitative estimate of drug-likeness (QED) is 0.463. The number of thiazole rings is 1. The average molecular weight is 420 g/mol. The van der Waals surface area contributed by atoms with E-state index in [9.17, 15) is 8.42 Å². The van der Waals surface area contributed by atoms with E-state index in [1.54, 1.807) is 49.4 Å². The van der Waals surface area contributed by atoms with E-state index in [1.807, 2.05) is 6.07 Å². The van der Waals surface area contributed by atoms with Crippen LogP contribution in [0.1, 0.15) is 6.92 Å². The number of halogens is 1. The number of benzene rings is 2. The first-order valence-corrected chi connectivity index (χ1v) is 10.7. The summed E-state index contributed by atoms with van der Waals surface area (Å²) in [6, 6.07) is 13.6. The molecule has 0 spiro atoms. The molecular formula is C18H14ClN3O3S2. The summed E-state index contributed by atoms with van der Waals surface area (Å²) in [6.07, 6.45) is 1.45. The first-order chi connectivity index (χ1) is 13.0. The maximum Gasteiger partial charge on any atom is 0.266 e. The number of rotatable bonds is 5. The lowest BCUT2D eigenvalue weighted by Crippen LogP contribution is -2.30. The standard InChI is InChI=1S/C18H14ClN3O3S2/c1-2-22(18-20-16-11-13(19)6-7-17(16)26-18)27(23,24)14-5-3-4-12(10-14)15-8-9-25-21-15/h3-11H,2H2,1H3. The van der Waals surface area contributed by atoms with Crippen LogP contribution in [0.2, 0.25) is 5.02 Å². The molecule has 0 bridgehead atoms. The van der Waals surface area contributed by atoms with Crippen LogP contribution in [0.25, 0.3) is 21.5 Å². The van der Waals surface area contributed by atoms with E-state index in [2.05, 4.69) is 10.1 Å². The summed E-state index contributed by atoms with van der Waals surface area (Å²) in [5, 5.41) is 4.83. The topological polar surface area (TPSA) is 76.3 Å². The first-order valence-electron chi connectivity index (χ1n) is 8.08. The number of aromatic nitrogens is 2. The minimum absolute atomic E-state index is 0.169. The maximum absolute atomic E-state index is 13.3. The van der Waals surface area contributed by atoms with E-state index >= 15 is 0 Å². The monoisotopic (exact) mass is 419 g/mol. The molecular weight excluding hydrogens is 406 g/mol. The smallest absolute Gasteiger partial charge is 0.266 e. The number of nitrogens with zero attached hydrogens (tertiary/aromatic N) is 3. The van der Waals surface area contributed by atoms with Crippen molar-refractivity contribution < 1.29 is 12.9 Å². The van der Waals surface area contributed by atoms with Crippen molar-refractivity contribution in [2.75, 3.05) is 10.8 Å². The molecule has 0 atom stereocenters. The van der Waals surface area contributed by atoms with E-state index < -0.39 is 10.0 Å². The van der Waals surface area contributed by atoms with Gasteiger partial charge in [0.25, 0.3) is 10.0 Å². The molecule has 0 radical (unpaired) electrons. The fourth-order valence-corrected chi connectivity index (χ4v) is 5.56. The SMILES string of the molecule is CCN(c1nc2cc(Cl)ccc2s1)S(=O)(=O)c1cccc(-c2ccon2)c1. The van der Waals surface area contributed by atoms with E-state index in [4.69, 9.17) is 16.1 Å². The molecule has 2 aromatic carbocycles. The molecule has 2 aromatic heterocycles. The van der Waals surface area contributed by atoms with Gasteiger partial charge in [-0.05, 0) is 37.3 Å². The van der Waals surface area contributed by atoms with Crippen LogP contribution in [0.5, 0.6) is 0 Å². The van der Waals surface area contributed by atoms with Crippen molar-refractivity contribution in [2.24, 2.45) is 0 Å². The summed E-state index contributed by atoms with van der Waals surface area (Å²) >= 11 is 7.32. The van der Waals surface area contributed by atoms with Crippen LogP contribution in [-0.2, 0) is 10.0 Å². The molecule has 6 nitrogen and oxygen atoms in total. The fraction of sp³-hybridized carbons (Fsp3) is 0.111. The normalized spacial score (nSPS) is 11.8. The molecule has 2 heterocycles. The molecule has 0 aliphatic carbocycles. The van der Waals surface area contributed by atoms with Gasteiger partial charge in [0.15, 0.2) is 0 Å². The Morgan fingerprint density at radius 2 is 2.04 bits per heavy atom. The van der Waals surface area contributed by atoms with Gasteiger partial charge >= 0.3 is 0 Å². The second-order valence-corrected chi connectivity index (χ2v) is 9.00. The van der Waals surface area contributed by atoms with Gasteiger partial charge in [-0.25, -0.2) is 17.7 Å². The molecule has 0 saturated heterocycles. The highest BCUT2D eigenvalue weighted by atomic mass is 35.5. The molecule has 4 aromatic rings. The van der Waals surface area contributed by atoms with Gasteiger partial charge < -0.3 is 4.52 Å². The molecule has 0 amide bonds. The van der Waals surface area contributed by atoms with Crippen LogP contribution in [0.15, 0.2) is 64.2 Å². The Balaban J connectivity index is 1.77. The highest BCUT2D eigenvalue weighted by Crippen LogP contribution is 2.34. The number of fused-ring (bicyclic) bond motifs is 1. The molecule has 0 aliphatic rings. The van der Waals surface area contributed by atoms with Crippen molar-refractivity contribution in [1.29, 1.82) is 0 Å². The average Bonchev–Trinajstić information content (AvgIpc) is 3.31. The third-order valence-electron chi connectivity index (χ3n) is 3.99. The molecule has 4 rings (SSSR count). The third kappa shape index (κ3) is 3.31. The fourth-order valence-electron chi connectivity index (χ4n) is 2.71. The van der Waals surface area contributed by atoms with Crippen LogP contribution < -0.4 is 4.31 Å². The number of anilines is 1. The lowest BCUT2D eigenvalue weighted by molar-refractivity contribution is 0.422. The molecule has 0 fully saturated rings. The summed E-state index contributed by atoms with van der Waals surface area (Å²) in [4.78, 5) is 4.63. The summed E-state index contributed by atoms with van der Waals surface area (Å²) in [5.41, 5.74) is 1.91. The zero-order valence-corrected chi connectivity index (χ0v) is 16.6. The van der Waals surface area contributed by atoms with Crippen LogP contribution in [0.3, 0.4) is 0 Å². The number of hydrogen-bond acceptors (Lipinski definition) is 6. The van der Waals surface area contributed by atoms with Crippen LogP contribution in [0.4, 0.5) is 5.13 Å². The molecule has 0 unspecified atom stereocenters. The second kappa shape index (κ2) is 6.95. The number of hydrogen-bond donors (Lipinski definition) is 0. The van der Waals surface area contributed by atoms with Gasteiger partial charge in [-0.1, -0.05) is 40.2 Å². The van der Waals surface area contributed by atoms with E-state index in [0.29, 0.717) is 26.9 Å².